The van der Waals surface area contributed by atoms with Crippen LogP contribution in [0, 0.1) is 0 Å². The molecule has 0 aliphatic rings. The molecule has 1 heterocycles. The number of anilines is 1. The number of sulfonamides is 1. The fourth-order valence-corrected chi connectivity index (χ4v) is 2.54. The number of carbonyl (C=O) groups excluding carboxylic acids is 1. The van der Waals surface area contributed by atoms with E-state index < -0.39 is 22.8 Å². The number of primary sulfonamides is 1. The van der Waals surface area contributed by atoms with Gasteiger partial charge in [-0.2, -0.15) is 13.2 Å². The molecule has 2 rings (SSSR count). The van der Waals surface area contributed by atoms with Crippen molar-refractivity contribution in [3.05, 3.63) is 48.2 Å². The first-order valence-corrected chi connectivity index (χ1v) is 9.15. The van der Waals surface area contributed by atoms with Gasteiger partial charge in [0.2, 0.25) is 21.8 Å². The van der Waals surface area contributed by atoms with E-state index in [2.05, 4.69) is 15.0 Å². The van der Waals surface area contributed by atoms with Crippen molar-refractivity contribution in [1.82, 2.24) is 4.98 Å². The van der Waals surface area contributed by atoms with Crippen LogP contribution >= 0.6 is 0 Å². The van der Waals surface area contributed by atoms with Crippen LogP contribution in [0.4, 0.5) is 18.9 Å². The van der Waals surface area contributed by atoms with E-state index >= 15 is 0 Å². The minimum atomic E-state index is -4.46. The second-order valence-corrected chi connectivity index (χ2v) is 7.09. The number of nitrogens with two attached hydrogens (primary N) is 1. The van der Waals surface area contributed by atoms with E-state index in [9.17, 15) is 26.4 Å². The summed E-state index contributed by atoms with van der Waals surface area (Å²) in [6, 6.07) is 8.41. The molecule has 1 amide bonds. The van der Waals surface area contributed by atoms with Crippen molar-refractivity contribution < 1.29 is 31.1 Å². The zero-order valence-corrected chi connectivity index (χ0v) is 14.7. The zero-order valence-electron chi connectivity index (χ0n) is 13.9. The lowest BCUT2D eigenvalue weighted by Gasteiger charge is -2.09. The summed E-state index contributed by atoms with van der Waals surface area (Å²) in [7, 11) is -3.77. The lowest BCUT2D eigenvalue weighted by Crippen LogP contribution is -2.19. The summed E-state index contributed by atoms with van der Waals surface area (Å²) < 4.78 is 63.0. The van der Waals surface area contributed by atoms with Crippen LogP contribution in [0.15, 0.2) is 47.5 Å². The minimum absolute atomic E-state index is 0.0189. The van der Waals surface area contributed by atoms with Gasteiger partial charge in [0, 0.05) is 12.5 Å². The molecular formula is C16H16F3N3O4S. The number of aromatic nitrogens is 1. The third-order valence-corrected chi connectivity index (χ3v) is 4.23. The van der Waals surface area contributed by atoms with Crippen molar-refractivity contribution in [2.45, 2.75) is 23.9 Å². The predicted molar refractivity (Wildman–Crippen MR) is 90.6 cm³/mol. The first kappa shape index (κ1) is 20.6. The monoisotopic (exact) mass is 403 g/mol. The first-order valence-electron chi connectivity index (χ1n) is 7.60. The number of ether oxygens (including phenoxy) is 1. The van der Waals surface area contributed by atoms with Crippen molar-refractivity contribution in [3.63, 3.8) is 0 Å². The third kappa shape index (κ3) is 7.23. The summed E-state index contributed by atoms with van der Waals surface area (Å²) in [5, 5.41) is 7.56. The van der Waals surface area contributed by atoms with Crippen LogP contribution in [0.3, 0.4) is 0 Å². The van der Waals surface area contributed by atoms with E-state index in [0.29, 0.717) is 12.1 Å². The van der Waals surface area contributed by atoms with Gasteiger partial charge in [0.05, 0.1) is 16.8 Å². The molecule has 0 spiro atoms. The molecule has 1 aromatic carbocycles. The number of halogens is 3. The molecule has 1 aromatic heterocycles. The average Bonchev–Trinajstić information content (AvgIpc) is 2.58. The number of hydrogen-bond donors (Lipinski definition) is 2. The van der Waals surface area contributed by atoms with Crippen molar-refractivity contribution in [3.8, 4) is 5.88 Å². The van der Waals surface area contributed by atoms with Crippen molar-refractivity contribution >= 4 is 21.6 Å². The summed E-state index contributed by atoms with van der Waals surface area (Å²) in [5.74, 6) is -0.545. The number of amides is 1. The standard InChI is InChI=1S/C16H16F3N3O4S/c17-16(18,19)10-26-15-8-4-12(9-21-15)22-14(23)7-3-11-1-5-13(6-2-11)27(20,24)25/h1-2,4-6,8-9H,3,7,10H2,(H,22,23)(H2,20,24,25). The molecule has 3 N–H and O–H groups in total. The van der Waals surface area contributed by atoms with Crippen LogP contribution in [0.25, 0.3) is 0 Å². The molecule has 0 radical (unpaired) electrons. The topological polar surface area (TPSA) is 111 Å². The highest BCUT2D eigenvalue weighted by Crippen LogP contribution is 2.18. The number of benzene rings is 1. The molecule has 0 aliphatic carbocycles. The number of alkyl halides is 3. The summed E-state index contributed by atoms with van der Waals surface area (Å²) in [4.78, 5) is 15.6. The Bertz CT molecular complexity index is 883. The maximum Gasteiger partial charge on any atom is 0.422 e. The number of nitrogens with zero attached hydrogens (tertiary/aromatic N) is 1. The van der Waals surface area contributed by atoms with Crippen LogP contribution in [0.1, 0.15) is 12.0 Å². The van der Waals surface area contributed by atoms with Crippen LogP contribution in [-0.2, 0) is 21.2 Å². The van der Waals surface area contributed by atoms with Gasteiger partial charge in [0.1, 0.15) is 0 Å². The Kier molecular flexibility index (Phi) is 6.39. The molecule has 0 saturated carbocycles. The second-order valence-electron chi connectivity index (χ2n) is 5.53. The summed E-state index contributed by atoms with van der Waals surface area (Å²) in [6.07, 6.45) is -2.80. The molecule has 0 unspecified atom stereocenters. The van der Waals surface area contributed by atoms with Gasteiger partial charge in [-0.25, -0.2) is 18.5 Å². The van der Waals surface area contributed by atoms with E-state index in [0.717, 1.165) is 5.56 Å². The molecule has 11 heteroatoms. The Morgan fingerprint density at radius 1 is 1.15 bits per heavy atom. The normalized spacial score (nSPS) is 11.9. The molecule has 7 nitrogen and oxygen atoms in total. The van der Waals surface area contributed by atoms with Crippen LogP contribution in [0.5, 0.6) is 5.88 Å². The van der Waals surface area contributed by atoms with Gasteiger partial charge in [-0.3, -0.25) is 4.79 Å². The van der Waals surface area contributed by atoms with Crippen LogP contribution < -0.4 is 15.2 Å². The van der Waals surface area contributed by atoms with Gasteiger partial charge in [-0.05, 0) is 30.2 Å². The highest BCUT2D eigenvalue weighted by Gasteiger charge is 2.28. The van der Waals surface area contributed by atoms with Crippen molar-refractivity contribution in [1.29, 1.82) is 0 Å². The fourth-order valence-electron chi connectivity index (χ4n) is 2.02. The molecule has 0 atom stereocenters. The Balaban J connectivity index is 1.83. The lowest BCUT2D eigenvalue weighted by molar-refractivity contribution is -0.154. The second kappa shape index (κ2) is 8.35. The van der Waals surface area contributed by atoms with Gasteiger partial charge < -0.3 is 10.1 Å². The number of aryl methyl sites for hydroxylation is 1. The summed E-state index contributed by atoms with van der Waals surface area (Å²) in [6.45, 7) is -1.45. The van der Waals surface area contributed by atoms with E-state index in [-0.39, 0.29) is 23.1 Å². The molecule has 0 aliphatic heterocycles. The number of carbonyl (C=O) groups is 1. The molecule has 0 fully saturated rings. The highest BCUT2D eigenvalue weighted by molar-refractivity contribution is 7.89. The number of hydrogen-bond acceptors (Lipinski definition) is 5. The molecule has 0 bridgehead atoms. The highest BCUT2D eigenvalue weighted by atomic mass is 32.2. The summed E-state index contributed by atoms with van der Waals surface area (Å²) in [5.41, 5.74) is 1.05. The van der Waals surface area contributed by atoms with E-state index in [4.69, 9.17) is 5.14 Å². The zero-order chi connectivity index (χ0) is 20.1. The third-order valence-electron chi connectivity index (χ3n) is 3.30. The number of rotatable bonds is 7. The molecular weight excluding hydrogens is 387 g/mol. The first-order chi connectivity index (χ1) is 12.5. The fraction of sp³-hybridized carbons (Fsp3) is 0.250. The van der Waals surface area contributed by atoms with E-state index in [1.165, 1.54) is 30.5 Å². The Morgan fingerprint density at radius 3 is 2.33 bits per heavy atom. The average molecular weight is 403 g/mol. The van der Waals surface area contributed by atoms with Gasteiger partial charge in [-0.1, -0.05) is 12.1 Å². The van der Waals surface area contributed by atoms with E-state index in [1.807, 2.05) is 0 Å². The smallest absolute Gasteiger partial charge is 0.422 e. The summed E-state index contributed by atoms with van der Waals surface area (Å²) >= 11 is 0. The largest absolute Gasteiger partial charge is 0.468 e. The minimum Gasteiger partial charge on any atom is -0.468 e. The van der Waals surface area contributed by atoms with Gasteiger partial charge in [0.25, 0.3) is 0 Å². The van der Waals surface area contributed by atoms with Gasteiger partial charge >= 0.3 is 6.18 Å². The molecule has 27 heavy (non-hydrogen) atoms. The van der Waals surface area contributed by atoms with Gasteiger partial charge in [0.15, 0.2) is 6.61 Å². The quantitative estimate of drug-likeness (QED) is 0.737. The Labute approximate surface area is 153 Å². The molecule has 0 saturated heterocycles. The van der Waals surface area contributed by atoms with E-state index in [1.54, 1.807) is 12.1 Å². The van der Waals surface area contributed by atoms with Crippen LogP contribution in [0.2, 0.25) is 0 Å². The SMILES string of the molecule is NS(=O)(=O)c1ccc(CCC(=O)Nc2ccc(OCC(F)(F)F)nc2)cc1. The van der Waals surface area contributed by atoms with Crippen LogP contribution in [-0.4, -0.2) is 32.1 Å². The number of pyridine rings is 1. The Hall–Kier alpha value is -2.66. The van der Waals surface area contributed by atoms with Crippen molar-refractivity contribution in [2.75, 3.05) is 11.9 Å². The van der Waals surface area contributed by atoms with Crippen molar-refractivity contribution in [2.24, 2.45) is 5.14 Å². The molecule has 146 valence electrons. The molecule has 2 aromatic rings. The predicted octanol–water partition coefficient (Wildman–Crippen LogP) is 2.24. The van der Waals surface area contributed by atoms with Gasteiger partial charge in [-0.15, -0.1) is 0 Å². The number of nitrogens with one attached hydrogen (secondary N) is 1. The Morgan fingerprint density at radius 2 is 1.81 bits per heavy atom. The lowest BCUT2D eigenvalue weighted by atomic mass is 10.1. The maximum atomic E-state index is 12.1. The maximum absolute atomic E-state index is 12.1.